The zero-order valence-electron chi connectivity index (χ0n) is 10.9. The van der Waals surface area contributed by atoms with Crippen molar-refractivity contribution in [2.75, 3.05) is 17.2 Å². The van der Waals surface area contributed by atoms with Crippen LogP contribution in [0.3, 0.4) is 0 Å². The predicted molar refractivity (Wildman–Crippen MR) is 77.8 cm³/mol. The fourth-order valence-corrected chi connectivity index (χ4v) is 2.13. The Labute approximate surface area is 116 Å². The van der Waals surface area contributed by atoms with Crippen LogP contribution in [0, 0.1) is 6.92 Å². The molecule has 0 fully saturated rings. The van der Waals surface area contributed by atoms with E-state index < -0.39 is 0 Å². The third-order valence-corrected chi connectivity index (χ3v) is 3.25. The molecule has 0 bridgehead atoms. The average molecular weight is 276 g/mol. The van der Waals surface area contributed by atoms with E-state index in [0.29, 0.717) is 10.7 Å². The van der Waals surface area contributed by atoms with E-state index in [-0.39, 0.29) is 5.91 Å². The van der Waals surface area contributed by atoms with Gasteiger partial charge >= 0.3 is 0 Å². The summed E-state index contributed by atoms with van der Waals surface area (Å²) in [6.07, 6.45) is 4.33. The van der Waals surface area contributed by atoms with Gasteiger partial charge in [-0.1, -0.05) is 6.92 Å². The summed E-state index contributed by atoms with van der Waals surface area (Å²) in [5.74, 6) is 0.590. The number of nitrogens with one attached hydrogen (secondary N) is 2. The molecule has 0 radical (unpaired) electrons. The van der Waals surface area contributed by atoms with Crippen molar-refractivity contribution >= 4 is 28.2 Å². The standard InChI is InChI=1S/C13H16N4OS/c1-3-6-14-11-5-4-10(8-15-11)12(18)17-13-16-7-9(2)19-13/h4-5,7-8H,3,6H2,1-2H3,(H,14,15)(H,16,17,18). The molecule has 0 spiro atoms. The van der Waals surface area contributed by atoms with Crippen molar-refractivity contribution in [3.05, 3.63) is 35.0 Å². The molecule has 6 heteroatoms. The lowest BCUT2D eigenvalue weighted by Crippen LogP contribution is -2.12. The molecule has 0 aliphatic carbocycles. The highest BCUT2D eigenvalue weighted by molar-refractivity contribution is 7.15. The van der Waals surface area contributed by atoms with E-state index >= 15 is 0 Å². The summed E-state index contributed by atoms with van der Waals surface area (Å²) in [4.78, 5) is 21.3. The first-order valence-corrected chi connectivity index (χ1v) is 6.94. The molecule has 2 N–H and O–H groups in total. The Balaban J connectivity index is 1.99. The number of carbonyl (C=O) groups excluding carboxylic acids is 1. The van der Waals surface area contributed by atoms with Crippen LogP contribution in [-0.4, -0.2) is 22.4 Å². The quantitative estimate of drug-likeness (QED) is 0.881. The Morgan fingerprint density at radius 2 is 2.16 bits per heavy atom. The molecule has 2 heterocycles. The van der Waals surface area contributed by atoms with E-state index in [1.54, 1.807) is 24.5 Å². The molecule has 0 aromatic carbocycles. The number of amides is 1. The summed E-state index contributed by atoms with van der Waals surface area (Å²) in [7, 11) is 0. The average Bonchev–Trinajstić information content (AvgIpc) is 2.82. The summed E-state index contributed by atoms with van der Waals surface area (Å²) in [5.41, 5.74) is 0.523. The first-order chi connectivity index (χ1) is 9.19. The van der Waals surface area contributed by atoms with Crippen LogP contribution in [0.1, 0.15) is 28.6 Å². The van der Waals surface area contributed by atoms with Crippen molar-refractivity contribution in [2.24, 2.45) is 0 Å². The van der Waals surface area contributed by atoms with Crippen LogP contribution in [0.15, 0.2) is 24.5 Å². The van der Waals surface area contributed by atoms with E-state index in [4.69, 9.17) is 0 Å². The first kappa shape index (κ1) is 13.5. The second kappa shape index (κ2) is 6.29. The smallest absolute Gasteiger partial charge is 0.259 e. The van der Waals surface area contributed by atoms with Gasteiger partial charge in [0.15, 0.2) is 5.13 Å². The number of carbonyl (C=O) groups is 1. The maximum Gasteiger partial charge on any atom is 0.259 e. The van der Waals surface area contributed by atoms with Gasteiger partial charge in [-0.05, 0) is 25.5 Å². The number of anilines is 2. The van der Waals surface area contributed by atoms with Crippen molar-refractivity contribution in [1.29, 1.82) is 0 Å². The molecule has 0 saturated heterocycles. The summed E-state index contributed by atoms with van der Waals surface area (Å²) < 4.78 is 0. The normalized spacial score (nSPS) is 10.2. The number of hydrogen-bond acceptors (Lipinski definition) is 5. The van der Waals surface area contributed by atoms with Crippen LogP contribution < -0.4 is 10.6 Å². The minimum Gasteiger partial charge on any atom is -0.370 e. The molecule has 19 heavy (non-hydrogen) atoms. The van der Waals surface area contributed by atoms with Crippen molar-refractivity contribution in [1.82, 2.24) is 9.97 Å². The second-order valence-electron chi connectivity index (χ2n) is 4.09. The third-order valence-electron chi connectivity index (χ3n) is 2.42. The molecule has 0 aliphatic heterocycles. The minimum absolute atomic E-state index is 0.191. The highest BCUT2D eigenvalue weighted by Gasteiger charge is 2.08. The topological polar surface area (TPSA) is 66.9 Å². The highest BCUT2D eigenvalue weighted by Crippen LogP contribution is 2.17. The maximum absolute atomic E-state index is 11.9. The van der Waals surface area contributed by atoms with Crippen LogP contribution in [0.5, 0.6) is 0 Å². The molecule has 0 atom stereocenters. The summed E-state index contributed by atoms with van der Waals surface area (Å²) in [6.45, 7) is 4.91. The van der Waals surface area contributed by atoms with Gasteiger partial charge < -0.3 is 5.32 Å². The van der Waals surface area contributed by atoms with Gasteiger partial charge in [-0.25, -0.2) is 9.97 Å². The van der Waals surface area contributed by atoms with E-state index in [1.165, 1.54) is 11.3 Å². The fraction of sp³-hybridized carbons (Fsp3) is 0.308. The van der Waals surface area contributed by atoms with Gasteiger partial charge in [-0.2, -0.15) is 0 Å². The van der Waals surface area contributed by atoms with E-state index in [1.807, 2.05) is 6.92 Å². The Morgan fingerprint density at radius 3 is 2.74 bits per heavy atom. The van der Waals surface area contributed by atoms with Gasteiger partial charge in [0, 0.05) is 23.8 Å². The first-order valence-electron chi connectivity index (χ1n) is 6.12. The monoisotopic (exact) mass is 276 g/mol. The second-order valence-corrected chi connectivity index (χ2v) is 5.32. The Morgan fingerprint density at radius 1 is 1.32 bits per heavy atom. The van der Waals surface area contributed by atoms with Gasteiger partial charge in [-0.15, -0.1) is 11.3 Å². The van der Waals surface area contributed by atoms with E-state index in [0.717, 1.165) is 23.7 Å². The molecule has 2 aromatic heterocycles. The fourth-order valence-electron chi connectivity index (χ4n) is 1.47. The molecule has 1 amide bonds. The van der Waals surface area contributed by atoms with Gasteiger partial charge in [0.1, 0.15) is 5.82 Å². The predicted octanol–water partition coefficient (Wildman–Crippen LogP) is 2.92. The van der Waals surface area contributed by atoms with Crippen molar-refractivity contribution in [2.45, 2.75) is 20.3 Å². The van der Waals surface area contributed by atoms with Gasteiger partial charge in [0.05, 0.1) is 5.56 Å². The number of hydrogen-bond donors (Lipinski definition) is 2. The van der Waals surface area contributed by atoms with Crippen LogP contribution in [0.25, 0.3) is 0 Å². The van der Waals surface area contributed by atoms with Crippen LogP contribution in [0.4, 0.5) is 10.9 Å². The summed E-state index contributed by atoms with van der Waals surface area (Å²) in [5, 5.41) is 6.52. The Kier molecular flexibility index (Phi) is 4.46. The number of nitrogens with zero attached hydrogens (tertiary/aromatic N) is 2. The largest absolute Gasteiger partial charge is 0.370 e. The van der Waals surface area contributed by atoms with Gasteiger partial charge in [-0.3, -0.25) is 10.1 Å². The highest BCUT2D eigenvalue weighted by atomic mass is 32.1. The van der Waals surface area contributed by atoms with Crippen molar-refractivity contribution in [3.8, 4) is 0 Å². The van der Waals surface area contributed by atoms with Crippen LogP contribution in [-0.2, 0) is 0 Å². The van der Waals surface area contributed by atoms with Gasteiger partial charge in [0.2, 0.25) is 0 Å². The molecule has 0 saturated carbocycles. The van der Waals surface area contributed by atoms with Gasteiger partial charge in [0.25, 0.3) is 5.91 Å². The molecule has 2 rings (SSSR count). The number of rotatable bonds is 5. The zero-order chi connectivity index (χ0) is 13.7. The molecule has 0 aliphatic rings. The lowest BCUT2D eigenvalue weighted by atomic mass is 10.2. The molecule has 5 nitrogen and oxygen atoms in total. The van der Waals surface area contributed by atoms with Crippen LogP contribution in [0.2, 0.25) is 0 Å². The molecule has 2 aromatic rings. The molecular formula is C13H16N4OS. The van der Waals surface area contributed by atoms with E-state index in [9.17, 15) is 4.79 Å². The summed E-state index contributed by atoms with van der Waals surface area (Å²) in [6, 6.07) is 3.55. The number of pyridine rings is 1. The van der Waals surface area contributed by atoms with E-state index in [2.05, 4.69) is 27.5 Å². The lowest BCUT2D eigenvalue weighted by Gasteiger charge is -2.05. The van der Waals surface area contributed by atoms with Crippen molar-refractivity contribution < 1.29 is 4.79 Å². The Bertz CT molecular complexity index is 550. The number of aromatic nitrogens is 2. The van der Waals surface area contributed by atoms with Crippen LogP contribution >= 0.6 is 11.3 Å². The SMILES string of the molecule is CCCNc1ccc(C(=O)Nc2ncc(C)s2)cn1. The number of thiazole rings is 1. The maximum atomic E-state index is 11.9. The lowest BCUT2D eigenvalue weighted by molar-refractivity contribution is 0.102. The zero-order valence-corrected chi connectivity index (χ0v) is 11.8. The molecule has 0 unspecified atom stereocenters. The molecular weight excluding hydrogens is 260 g/mol. The van der Waals surface area contributed by atoms with Crippen molar-refractivity contribution in [3.63, 3.8) is 0 Å². The minimum atomic E-state index is -0.191. The third kappa shape index (κ3) is 3.75. The Hall–Kier alpha value is -1.95. The summed E-state index contributed by atoms with van der Waals surface area (Å²) >= 11 is 1.45. The molecule has 100 valence electrons. The number of aryl methyl sites for hydroxylation is 1.